The summed E-state index contributed by atoms with van der Waals surface area (Å²) in [5, 5.41) is 4.86. The lowest BCUT2D eigenvalue weighted by molar-refractivity contribution is -0.132. The molecular weight excluding hydrogens is 390 g/mol. The molecule has 2 aromatic heterocycles. The van der Waals surface area contributed by atoms with E-state index in [-0.39, 0.29) is 18.5 Å². The summed E-state index contributed by atoms with van der Waals surface area (Å²) in [7, 11) is -3.35. The highest BCUT2D eigenvalue weighted by molar-refractivity contribution is 7.88. The molecule has 9 heteroatoms. The number of rotatable bonds is 6. The van der Waals surface area contributed by atoms with Crippen LogP contribution in [0.25, 0.3) is 9.88 Å². The standard InChI is InChI=1S/C17H23N3O3S3/c1-3-16(21)19-8-6-14(7-9-19)20(26(2,22)23)11-13-12-25-17(18-13)15-5-4-10-24-15/h4-5,10,12,14H,3,6-9,11H2,1-2H3. The number of carbonyl (C=O) groups excluding carboxylic acids is 1. The van der Waals surface area contributed by atoms with Gasteiger partial charge in [-0.2, -0.15) is 4.31 Å². The lowest BCUT2D eigenvalue weighted by Crippen LogP contribution is -2.48. The Kier molecular flexibility index (Phi) is 6.11. The van der Waals surface area contributed by atoms with Gasteiger partial charge >= 0.3 is 0 Å². The normalized spacial score (nSPS) is 16.3. The summed E-state index contributed by atoms with van der Waals surface area (Å²) < 4.78 is 26.3. The maximum absolute atomic E-state index is 12.4. The Morgan fingerprint density at radius 2 is 2.08 bits per heavy atom. The van der Waals surface area contributed by atoms with Gasteiger partial charge < -0.3 is 4.90 Å². The van der Waals surface area contributed by atoms with Crippen LogP contribution in [0.4, 0.5) is 0 Å². The Balaban J connectivity index is 1.71. The Labute approximate surface area is 162 Å². The van der Waals surface area contributed by atoms with E-state index in [1.807, 2.05) is 34.7 Å². The van der Waals surface area contributed by atoms with Crippen molar-refractivity contribution in [2.24, 2.45) is 0 Å². The summed E-state index contributed by atoms with van der Waals surface area (Å²) >= 11 is 3.16. The average molecular weight is 414 g/mol. The van der Waals surface area contributed by atoms with Crippen molar-refractivity contribution >= 4 is 38.6 Å². The van der Waals surface area contributed by atoms with Crippen LogP contribution in [0.3, 0.4) is 0 Å². The quantitative estimate of drug-likeness (QED) is 0.730. The van der Waals surface area contributed by atoms with E-state index in [0.717, 1.165) is 15.6 Å². The highest BCUT2D eigenvalue weighted by Crippen LogP contribution is 2.29. The van der Waals surface area contributed by atoms with E-state index in [2.05, 4.69) is 4.98 Å². The minimum atomic E-state index is -3.35. The first-order valence-electron chi connectivity index (χ1n) is 8.61. The van der Waals surface area contributed by atoms with Crippen molar-refractivity contribution in [3.63, 3.8) is 0 Å². The lowest BCUT2D eigenvalue weighted by atomic mass is 10.0. The number of sulfonamides is 1. The smallest absolute Gasteiger partial charge is 0.222 e. The molecule has 0 aromatic carbocycles. The van der Waals surface area contributed by atoms with Crippen LogP contribution >= 0.6 is 22.7 Å². The van der Waals surface area contributed by atoms with Crippen LogP contribution in [-0.4, -0.2) is 53.9 Å². The van der Waals surface area contributed by atoms with Crippen LogP contribution in [0.5, 0.6) is 0 Å². The number of aromatic nitrogens is 1. The molecule has 0 spiro atoms. The van der Waals surface area contributed by atoms with Crippen molar-refractivity contribution in [2.75, 3.05) is 19.3 Å². The van der Waals surface area contributed by atoms with Crippen molar-refractivity contribution in [1.82, 2.24) is 14.2 Å². The molecule has 26 heavy (non-hydrogen) atoms. The van der Waals surface area contributed by atoms with Crippen LogP contribution in [-0.2, 0) is 21.4 Å². The zero-order valence-electron chi connectivity index (χ0n) is 14.9. The van der Waals surface area contributed by atoms with Crippen LogP contribution in [0.2, 0.25) is 0 Å². The molecule has 0 atom stereocenters. The first kappa shape index (κ1) is 19.5. The van der Waals surface area contributed by atoms with E-state index in [4.69, 9.17) is 0 Å². The monoisotopic (exact) mass is 413 g/mol. The predicted octanol–water partition coefficient (Wildman–Crippen LogP) is 3.03. The third kappa shape index (κ3) is 4.51. The first-order chi connectivity index (χ1) is 12.4. The van der Waals surface area contributed by atoms with Gasteiger partial charge in [0.15, 0.2) is 0 Å². The van der Waals surface area contributed by atoms with E-state index in [9.17, 15) is 13.2 Å². The van der Waals surface area contributed by atoms with Gasteiger partial charge in [0.1, 0.15) is 5.01 Å². The second-order valence-electron chi connectivity index (χ2n) is 6.40. The average Bonchev–Trinajstić information content (AvgIpc) is 3.29. The van der Waals surface area contributed by atoms with E-state index in [1.54, 1.807) is 15.6 Å². The molecular formula is C17H23N3O3S3. The Morgan fingerprint density at radius 3 is 2.65 bits per heavy atom. The van der Waals surface area contributed by atoms with Gasteiger partial charge in [-0.25, -0.2) is 13.4 Å². The van der Waals surface area contributed by atoms with E-state index in [1.165, 1.54) is 17.6 Å². The number of thiazole rings is 1. The molecule has 2 aromatic rings. The number of thiophene rings is 1. The van der Waals surface area contributed by atoms with Crippen molar-refractivity contribution in [1.29, 1.82) is 0 Å². The van der Waals surface area contributed by atoms with Crippen LogP contribution in [0.1, 0.15) is 31.9 Å². The molecule has 142 valence electrons. The summed E-state index contributed by atoms with van der Waals surface area (Å²) in [5.41, 5.74) is 0.774. The lowest BCUT2D eigenvalue weighted by Gasteiger charge is -2.37. The molecule has 3 heterocycles. The molecule has 0 unspecified atom stereocenters. The van der Waals surface area contributed by atoms with Crippen LogP contribution < -0.4 is 0 Å². The Morgan fingerprint density at radius 1 is 1.35 bits per heavy atom. The maximum Gasteiger partial charge on any atom is 0.222 e. The van der Waals surface area contributed by atoms with E-state index < -0.39 is 10.0 Å². The highest BCUT2D eigenvalue weighted by atomic mass is 32.2. The molecule has 3 rings (SSSR count). The summed E-state index contributed by atoms with van der Waals surface area (Å²) in [5.74, 6) is 0.134. The second kappa shape index (κ2) is 8.16. The van der Waals surface area contributed by atoms with Crippen molar-refractivity contribution in [3.05, 3.63) is 28.6 Å². The fraction of sp³-hybridized carbons (Fsp3) is 0.529. The molecule has 0 radical (unpaired) electrons. The second-order valence-corrected chi connectivity index (χ2v) is 10.1. The van der Waals surface area contributed by atoms with Crippen molar-refractivity contribution in [3.8, 4) is 9.88 Å². The van der Waals surface area contributed by atoms with Crippen LogP contribution in [0.15, 0.2) is 22.9 Å². The maximum atomic E-state index is 12.4. The number of piperidine rings is 1. The highest BCUT2D eigenvalue weighted by Gasteiger charge is 2.31. The molecule has 0 N–H and O–H groups in total. The number of likely N-dealkylation sites (tertiary alicyclic amines) is 1. The topological polar surface area (TPSA) is 70.6 Å². The van der Waals surface area contributed by atoms with Crippen LogP contribution in [0, 0.1) is 0 Å². The zero-order chi connectivity index (χ0) is 18.7. The molecule has 1 aliphatic heterocycles. The fourth-order valence-corrected chi connectivity index (χ4v) is 5.94. The molecule has 1 amide bonds. The van der Waals surface area contributed by atoms with Crippen molar-refractivity contribution in [2.45, 2.75) is 38.8 Å². The van der Waals surface area contributed by atoms with Gasteiger partial charge in [0, 0.05) is 30.9 Å². The van der Waals surface area contributed by atoms with Gasteiger partial charge in [0.2, 0.25) is 15.9 Å². The zero-order valence-corrected chi connectivity index (χ0v) is 17.4. The molecule has 0 bridgehead atoms. The summed E-state index contributed by atoms with van der Waals surface area (Å²) in [4.78, 5) is 19.4. The van der Waals surface area contributed by atoms with E-state index >= 15 is 0 Å². The molecule has 1 saturated heterocycles. The largest absolute Gasteiger partial charge is 0.343 e. The van der Waals surface area contributed by atoms with Gasteiger partial charge in [0.05, 0.1) is 23.4 Å². The molecule has 6 nitrogen and oxygen atoms in total. The van der Waals surface area contributed by atoms with Gasteiger partial charge in [-0.1, -0.05) is 13.0 Å². The molecule has 1 fully saturated rings. The molecule has 1 aliphatic rings. The summed E-state index contributed by atoms with van der Waals surface area (Å²) in [6.45, 7) is 3.36. The summed E-state index contributed by atoms with van der Waals surface area (Å²) in [6, 6.07) is 3.91. The van der Waals surface area contributed by atoms with Gasteiger partial charge in [0.25, 0.3) is 0 Å². The third-order valence-corrected chi connectivity index (χ3v) is 7.76. The number of amides is 1. The SMILES string of the molecule is CCC(=O)N1CCC(N(Cc2csc(-c3cccs3)n2)S(C)(=O)=O)CC1. The fourth-order valence-electron chi connectivity index (χ4n) is 3.20. The Hall–Kier alpha value is -1.29. The Bertz CT molecular complexity index is 838. The predicted molar refractivity (Wildman–Crippen MR) is 106 cm³/mol. The first-order valence-corrected chi connectivity index (χ1v) is 12.2. The van der Waals surface area contributed by atoms with Gasteiger partial charge in [-0.15, -0.1) is 22.7 Å². The minimum Gasteiger partial charge on any atom is -0.343 e. The van der Waals surface area contributed by atoms with Crippen molar-refractivity contribution < 1.29 is 13.2 Å². The summed E-state index contributed by atoms with van der Waals surface area (Å²) in [6.07, 6.45) is 3.08. The number of carbonyl (C=O) groups is 1. The van der Waals surface area contributed by atoms with E-state index in [0.29, 0.717) is 32.4 Å². The third-order valence-electron chi connectivity index (χ3n) is 4.55. The van der Waals surface area contributed by atoms with Gasteiger partial charge in [-0.3, -0.25) is 4.79 Å². The van der Waals surface area contributed by atoms with Gasteiger partial charge in [-0.05, 0) is 24.3 Å². The number of hydrogen-bond acceptors (Lipinski definition) is 6. The minimum absolute atomic E-state index is 0.0854. The molecule has 0 aliphatic carbocycles. The number of hydrogen-bond donors (Lipinski definition) is 0. The number of nitrogens with zero attached hydrogens (tertiary/aromatic N) is 3. The molecule has 0 saturated carbocycles.